The summed E-state index contributed by atoms with van der Waals surface area (Å²) in [6.45, 7) is 0. The molecule has 1 nitrogen and oxygen atoms in total. The normalized spacial score (nSPS) is 11.6. The predicted octanol–water partition coefficient (Wildman–Crippen LogP) is 4.38. The fraction of sp³-hybridized carbons (Fsp3) is 0.222. The lowest BCUT2D eigenvalue weighted by Gasteiger charge is -2.12. The third-order valence-corrected chi connectivity index (χ3v) is 3.88. The minimum absolute atomic E-state index is 0.0692. The summed E-state index contributed by atoms with van der Waals surface area (Å²) in [5.74, 6) is -0.751. The zero-order valence-electron chi connectivity index (χ0n) is 7.54. The van der Waals surface area contributed by atoms with E-state index in [0.29, 0.717) is 0 Å². The monoisotopic (exact) mass is 382 g/mol. The Hall–Kier alpha value is -0.0100. The van der Waals surface area contributed by atoms with Crippen LogP contribution < -0.4 is 0 Å². The number of halogens is 6. The van der Waals surface area contributed by atoms with E-state index in [1.54, 1.807) is 22.6 Å². The molecule has 0 N–H and O–H groups in total. The Balaban J connectivity index is 3.35. The molecule has 88 valence electrons. The van der Waals surface area contributed by atoms with Crippen LogP contribution in [0.15, 0.2) is 12.1 Å². The van der Waals surface area contributed by atoms with Crippen molar-refractivity contribution in [2.45, 2.75) is 6.18 Å². The Bertz CT molecular complexity index is 431. The van der Waals surface area contributed by atoms with Crippen LogP contribution in [0.3, 0.4) is 0 Å². The lowest BCUT2D eigenvalue weighted by Crippen LogP contribution is -2.10. The summed E-state index contributed by atoms with van der Waals surface area (Å²) in [5.41, 5.74) is -0.849. The minimum Gasteiger partial charge on any atom is -0.293 e. The number of carbonyl (C=O) groups excluding carboxylic acids is 1. The highest BCUT2D eigenvalue weighted by Gasteiger charge is 2.34. The maximum Gasteiger partial charge on any atom is 0.417 e. The lowest BCUT2D eigenvalue weighted by atomic mass is 10.1. The number of hydrogen-bond donors (Lipinski definition) is 0. The average Bonchev–Trinajstić information content (AvgIpc) is 2.19. The molecule has 0 aliphatic carbocycles. The molecule has 0 fully saturated rings. The number of alkyl halides is 4. The Morgan fingerprint density at radius 2 is 1.94 bits per heavy atom. The summed E-state index contributed by atoms with van der Waals surface area (Å²) in [5, 5.41) is -0.468. The first-order valence-corrected chi connectivity index (χ1v) is 5.92. The molecule has 0 radical (unpaired) electrons. The van der Waals surface area contributed by atoms with Gasteiger partial charge in [-0.25, -0.2) is 0 Å². The van der Waals surface area contributed by atoms with Gasteiger partial charge in [0, 0.05) is 9.13 Å². The smallest absolute Gasteiger partial charge is 0.293 e. The molecule has 0 atom stereocenters. The summed E-state index contributed by atoms with van der Waals surface area (Å²) in [7, 11) is 0. The van der Waals surface area contributed by atoms with Crippen molar-refractivity contribution >= 4 is 51.6 Å². The predicted molar refractivity (Wildman–Crippen MR) is 64.2 cm³/mol. The van der Waals surface area contributed by atoms with Gasteiger partial charge in [-0.05, 0) is 34.7 Å². The van der Waals surface area contributed by atoms with E-state index in [-0.39, 0.29) is 15.0 Å². The minimum atomic E-state index is -4.53. The summed E-state index contributed by atoms with van der Waals surface area (Å²) >= 11 is 12.5. The number of rotatable bonds is 2. The molecule has 0 aromatic heterocycles. The zero-order chi connectivity index (χ0) is 12.5. The van der Waals surface area contributed by atoms with E-state index in [1.807, 2.05) is 0 Å². The highest BCUT2D eigenvalue weighted by Crippen LogP contribution is 2.38. The van der Waals surface area contributed by atoms with Crippen LogP contribution in [0.2, 0.25) is 5.02 Å². The number of benzene rings is 1. The SMILES string of the molecule is O=C(CCl)c1ccc(C(F)(F)F)c(Cl)c1I. The average molecular weight is 383 g/mol. The Morgan fingerprint density at radius 1 is 1.38 bits per heavy atom. The molecule has 0 heterocycles. The van der Waals surface area contributed by atoms with Crippen LogP contribution in [0.4, 0.5) is 13.2 Å². The second kappa shape index (κ2) is 5.10. The van der Waals surface area contributed by atoms with E-state index in [0.717, 1.165) is 12.1 Å². The molecule has 16 heavy (non-hydrogen) atoms. The maximum absolute atomic E-state index is 12.4. The first-order valence-electron chi connectivity index (χ1n) is 3.93. The number of ketones is 1. The molecule has 0 aliphatic rings. The molecule has 0 unspecified atom stereocenters. The molecular formula is C9H4Cl2F3IO. The van der Waals surface area contributed by atoms with Gasteiger partial charge in [-0.2, -0.15) is 13.2 Å². The van der Waals surface area contributed by atoms with Crippen molar-refractivity contribution in [3.05, 3.63) is 31.9 Å². The second-order valence-electron chi connectivity index (χ2n) is 2.84. The number of carbonyl (C=O) groups is 1. The molecule has 1 aromatic rings. The van der Waals surface area contributed by atoms with Crippen molar-refractivity contribution in [2.75, 3.05) is 5.88 Å². The summed E-state index contributed by atoms with van der Waals surface area (Å²) in [6, 6.07) is 1.87. The molecule has 0 saturated carbocycles. The molecule has 0 spiro atoms. The van der Waals surface area contributed by atoms with Gasteiger partial charge >= 0.3 is 6.18 Å². The summed E-state index contributed by atoms with van der Waals surface area (Å²) in [4.78, 5) is 11.3. The van der Waals surface area contributed by atoms with Gasteiger partial charge in [0.15, 0.2) is 5.78 Å². The van der Waals surface area contributed by atoms with Gasteiger partial charge in [0.25, 0.3) is 0 Å². The van der Waals surface area contributed by atoms with Gasteiger partial charge in [0.2, 0.25) is 0 Å². The van der Waals surface area contributed by atoms with E-state index >= 15 is 0 Å². The van der Waals surface area contributed by atoms with Gasteiger partial charge in [-0.3, -0.25) is 4.79 Å². The van der Waals surface area contributed by atoms with Gasteiger partial charge in [0.1, 0.15) is 0 Å². The lowest BCUT2D eigenvalue weighted by molar-refractivity contribution is -0.137. The fourth-order valence-electron chi connectivity index (χ4n) is 1.06. The van der Waals surface area contributed by atoms with Crippen LogP contribution in [0.25, 0.3) is 0 Å². The van der Waals surface area contributed by atoms with E-state index in [9.17, 15) is 18.0 Å². The number of Topliss-reactive ketones (excluding diaryl/α,β-unsaturated/α-hetero) is 1. The van der Waals surface area contributed by atoms with Crippen molar-refractivity contribution in [1.82, 2.24) is 0 Å². The van der Waals surface area contributed by atoms with Gasteiger partial charge in [-0.15, -0.1) is 11.6 Å². The standard InChI is InChI=1S/C9H4Cl2F3IO/c10-3-6(16)4-1-2-5(9(12,13)14)7(11)8(4)15/h1-2H,3H2. The summed E-state index contributed by atoms with van der Waals surface area (Å²) < 4.78 is 37.4. The third-order valence-electron chi connectivity index (χ3n) is 1.81. The molecular weight excluding hydrogens is 379 g/mol. The fourth-order valence-corrected chi connectivity index (χ4v) is 2.24. The van der Waals surface area contributed by atoms with E-state index in [4.69, 9.17) is 23.2 Å². The first kappa shape index (κ1) is 14.1. The quantitative estimate of drug-likeness (QED) is 0.421. The zero-order valence-corrected chi connectivity index (χ0v) is 11.2. The molecule has 0 bridgehead atoms. The molecule has 0 aliphatic heterocycles. The molecule has 1 aromatic carbocycles. The van der Waals surface area contributed by atoms with Crippen LogP contribution in [0.5, 0.6) is 0 Å². The van der Waals surface area contributed by atoms with E-state index in [2.05, 4.69) is 0 Å². The van der Waals surface area contributed by atoms with Crippen molar-refractivity contribution < 1.29 is 18.0 Å². The van der Waals surface area contributed by atoms with E-state index in [1.165, 1.54) is 0 Å². The van der Waals surface area contributed by atoms with Crippen LogP contribution in [0.1, 0.15) is 15.9 Å². The van der Waals surface area contributed by atoms with Gasteiger partial charge in [-0.1, -0.05) is 11.6 Å². The number of hydrogen-bond acceptors (Lipinski definition) is 1. The Morgan fingerprint density at radius 3 is 2.38 bits per heavy atom. The molecule has 0 amide bonds. The van der Waals surface area contributed by atoms with Crippen molar-refractivity contribution in [2.24, 2.45) is 0 Å². The van der Waals surface area contributed by atoms with Crippen molar-refractivity contribution in [3.63, 3.8) is 0 Å². The third kappa shape index (κ3) is 2.81. The summed E-state index contributed by atoms with van der Waals surface area (Å²) in [6.07, 6.45) is -4.53. The van der Waals surface area contributed by atoms with Crippen molar-refractivity contribution in [3.8, 4) is 0 Å². The molecule has 1 rings (SSSR count). The van der Waals surface area contributed by atoms with Gasteiger partial charge < -0.3 is 0 Å². The Kier molecular flexibility index (Phi) is 4.48. The van der Waals surface area contributed by atoms with Crippen LogP contribution in [-0.4, -0.2) is 11.7 Å². The van der Waals surface area contributed by atoms with E-state index < -0.39 is 22.5 Å². The Labute approximate surface area is 113 Å². The van der Waals surface area contributed by atoms with Crippen LogP contribution in [0, 0.1) is 3.57 Å². The maximum atomic E-state index is 12.4. The van der Waals surface area contributed by atoms with Crippen molar-refractivity contribution in [1.29, 1.82) is 0 Å². The highest BCUT2D eigenvalue weighted by atomic mass is 127. The van der Waals surface area contributed by atoms with Crippen LogP contribution in [-0.2, 0) is 6.18 Å². The molecule has 7 heteroatoms. The van der Waals surface area contributed by atoms with Crippen LogP contribution >= 0.6 is 45.8 Å². The first-order chi connectivity index (χ1) is 7.29. The largest absolute Gasteiger partial charge is 0.417 e. The van der Waals surface area contributed by atoms with Gasteiger partial charge in [0.05, 0.1) is 16.5 Å². The topological polar surface area (TPSA) is 17.1 Å². The second-order valence-corrected chi connectivity index (χ2v) is 4.57. The molecule has 0 saturated heterocycles. The highest BCUT2D eigenvalue weighted by molar-refractivity contribution is 14.1.